The maximum atomic E-state index is 13.9. The smallest absolute Gasteiger partial charge is 0.325 e. The number of carbonyl (C=O) groups is 3. The molecular formula is C32H31ClN4O6. The number of fused-ring (bicyclic) bond motifs is 2. The molecule has 43 heavy (non-hydrogen) atoms. The Kier molecular flexibility index (Phi) is 8.20. The molecule has 0 atom stereocenters. The van der Waals surface area contributed by atoms with E-state index in [4.69, 9.17) is 25.5 Å². The summed E-state index contributed by atoms with van der Waals surface area (Å²) in [7, 11) is 0. The van der Waals surface area contributed by atoms with Gasteiger partial charge in [0.05, 0.1) is 29.3 Å². The van der Waals surface area contributed by atoms with E-state index in [0.717, 1.165) is 28.9 Å². The number of esters is 1. The quantitative estimate of drug-likeness (QED) is 0.236. The van der Waals surface area contributed by atoms with Crippen LogP contribution in [0.15, 0.2) is 65.5 Å². The van der Waals surface area contributed by atoms with Gasteiger partial charge in [-0.3, -0.25) is 19.4 Å². The standard InChI is InChI=1S/C32H31ClN4O6/c1-2-41-31(39)18-35-30(38)10-7-20-19-42-28-16-24(33)29(15-22(20)28)43-27-11-12-34-17-23(27)32(40)37-14-13-36(21-8-9-21)25-5-3-4-6-26(25)37/h3-6,11-12,15-17,19,21H,2,7-10,13-14,18H2,1H3,(H,35,38). The van der Waals surface area contributed by atoms with Crippen molar-refractivity contribution in [2.75, 3.05) is 36.0 Å². The Morgan fingerprint density at radius 3 is 2.70 bits per heavy atom. The zero-order valence-electron chi connectivity index (χ0n) is 23.7. The number of anilines is 2. The third-order valence-corrected chi connectivity index (χ3v) is 7.87. The molecule has 2 aromatic carbocycles. The van der Waals surface area contributed by atoms with Gasteiger partial charge in [0.15, 0.2) is 0 Å². The molecule has 0 radical (unpaired) electrons. The molecule has 0 spiro atoms. The molecule has 0 bridgehead atoms. The lowest BCUT2D eigenvalue weighted by Gasteiger charge is -2.38. The Hall–Kier alpha value is -4.57. The summed E-state index contributed by atoms with van der Waals surface area (Å²) in [5, 5.41) is 3.59. The van der Waals surface area contributed by atoms with Crippen molar-refractivity contribution in [1.29, 1.82) is 0 Å². The minimum Gasteiger partial charge on any atom is -0.465 e. The number of aryl methyl sites for hydroxylation is 1. The third-order valence-electron chi connectivity index (χ3n) is 7.58. The molecule has 0 saturated heterocycles. The predicted molar refractivity (Wildman–Crippen MR) is 162 cm³/mol. The molecule has 1 aliphatic carbocycles. The molecule has 6 rings (SSSR count). The maximum absolute atomic E-state index is 13.9. The Morgan fingerprint density at radius 2 is 1.91 bits per heavy atom. The molecule has 1 aliphatic heterocycles. The van der Waals surface area contributed by atoms with Gasteiger partial charge in [0.1, 0.15) is 29.2 Å². The second-order valence-corrected chi connectivity index (χ2v) is 10.9. The minimum absolute atomic E-state index is 0.144. The summed E-state index contributed by atoms with van der Waals surface area (Å²) in [5.41, 5.74) is 3.56. The van der Waals surface area contributed by atoms with Crippen molar-refractivity contribution in [2.45, 2.75) is 38.6 Å². The summed E-state index contributed by atoms with van der Waals surface area (Å²) in [6.45, 7) is 3.09. The number of halogens is 1. The van der Waals surface area contributed by atoms with Crippen molar-refractivity contribution in [3.63, 3.8) is 0 Å². The lowest BCUT2D eigenvalue weighted by atomic mass is 10.1. The minimum atomic E-state index is -0.486. The average Bonchev–Trinajstić information content (AvgIpc) is 3.79. The summed E-state index contributed by atoms with van der Waals surface area (Å²) >= 11 is 6.58. The summed E-state index contributed by atoms with van der Waals surface area (Å²) in [5.74, 6) is -0.317. The molecule has 0 unspecified atom stereocenters. The second kappa shape index (κ2) is 12.3. The van der Waals surface area contributed by atoms with Crippen LogP contribution in [0, 0.1) is 0 Å². The van der Waals surface area contributed by atoms with Crippen LogP contribution >= 0.6 is 11.6 Å². The predicted octanol–water partition coefficient (Wildman–Crippen LogP) is 5.51. The van der Waals surface area contributed by atoms with Gasteiger partial charge in [-0.2, -0.15) is 0 Å². The van der Waals surface area contributed by atoms with Crippen molar-refractivity contribution in [1.82, 2.24) is 10.3 Å². The lowest BCUT2D eigenvalue weighted by molar-refractivity contribution is -0.143. The van der Waals surface area contributed by atoms with Gasteiger partial charge in [0, 0.05) is 49.4 Å². The highest BCUT2D eigenvalue weighted by Crippen LogP contribution is 2.41. The Balaban J connectivity index is 1.21. The van der Waals surface area contributed by atoms with Crippen LogP contribution in [0.2, 0.25) is 5.02 Å². The first kappa shape index (κ1) is 28.5. The van der Waals surface area contributed by atoms with E-state index in [0.29, 0.717) is 46.7 Å². The summed E-state index contributed by atoms with van der Waals surface area (Å²) < 4.78 is 16.8. The van der Waals surface area contributed by atoms with Gasteiger partial charge in [0.25, 0.3) is 5.91 Å². The number of aromatic nitrogens is 1. The Morgan fingerprint density at radius 1 is 1.09 bits per heavy atom. The Labute approximate surface area is 253 Å². The van der Waals surface area contributed by atoms with Crippen molar-refractivity contribution in [2.24, 2.45) is 0 Å². The zero-order chi connectivity index (χ0) is 29.9. The molecule has 222 valence electrons. The number of hydrogen-bond donors (Lipinski definition) is 1. The van der Waals surface area contributed by atoms with E-state index in [9.17, 15) is 14.4 Å². The number of benzene rings is 2. The van der Waals surface area contributed by atoms with E-state index in [1.165, 1.54) is 19.0 Å². The Bertz CT molecular complexity index is 1680. The van der Waals surface area contributed by atoms with Crippen LogP contribution in [0.3, 0.4) is 0 Å². The second-order valence-electron chi connectivity index (χ2n) is 10.5. The molecule has 1 saturated carbocycles. The summed E-state index contributed by atoms with van der Waals surface area (Å²) in [4.78, 5) is 46.1. The number of nitrogens with one attached hydrogen (secondary N) is 1. The molecule has 1 N–H and O–H groups in total. The van der Waals surface area contributed by atoms with Gasteiger partial charge in [-0.1, -0.05) is 23.7 Å². The van der Waals surface area contributed by atoms with Crippen LogP contribution in [0.4, 0.5) is 11.4 Å². The van der Waals surface area contributed by atoms with E-state index in [-0.39, 0.29) is 31.4 Å². The highest BCUT2D eigenvalue weighted by molar-refractivity contribution is 6.32. The first-order valence-electron chi connectivity index (χ1n) is 14.3. The lowest BCUT2D eigenvalue weighted by Crippen LogP contribution is -2.45. The van der Waals surface area contributed by atoms with Gasteiger partial charge in [-0.25, -0.2) is 0 Å². The average molecular weight is 603 g/mol. The van der Waals surface area contributed by atoms with Crippen LogP contribution in [-0.4, -0.2) is 55.1 Å². The van der Waals surface area contributed by atoms with Crippen molar-refractivity contribution in [3.05, 3.63) is 77.3 Å². The first-order valence-corrected chi connectivity index (χ1v) is 14.7. The molecule has 2 aliphatic rings. The van der Waals surface area contributed by atoms with Gasteiger partial charge >= 0.3 is 5.97 Å². The number of pyridine rings is 1. The summed E-state index contributed by atoms with van der Waals surface area (Å²) in [6.07, 6.45) is 7.51. The van der Waals surface area contributed by atoms with Gasteiger partial charge in [-0.15, -0.1) is 0 Å². The number of ether oxygens (including phenoxy) is 2. The molecule has 4 aromatic rings. The van der Waals surface area contributed by atoms with Crippen LogP contribution in [0.5, 0.6) is 11.5 Å². The number of nitrogens with zero attached hydrogens (tertiary/aromatic N) is 3. The first-order chi connectivity index (χ1) is 20.9. The highest BCUT2D eigenvalue weighted by Gasteiger charge is 2.36. The number of para-hydroxylation sites is 2. The van der Waals surface area contributed by atoms with Crippen molar-refractivity contribution < 1.29 is 28.3 Å². The van der Waals surface area contributed by atoms with Crippen molar-refractivity contribution >= 4 is 51.7 Å². The SMILES string of the molecule is CCOC(=O)CNC(=O)CCc1coc2cc(Cl)c(Oc3ccncc3C(=O)N3CCN(C4CC4)c4ccccc43)cc12. The largest absolute Gasteiger partial charge is 0.465 e. The van der Waals surface area contributed by atoms with Gasteiger partial charge in [-0.05, 0) is 56.0 Å². The van der Waals surface area contributed by atoms with E-state index in [1.54, 1.807) is 42.5 Å². The third kappa shape index (κ3) is 6.15. The van der Waals surface area contributed by atoms with E-state index in [2.05, 4.69) is 21.3 Å². The number of furan rings is 1. The van der Waals surface area contributed by atoms with Gasteiger partial charge < -0.3 is 29.0 Å². The fourth-order valence-corrected chi connectivity index (χ4v) is 5.52. The number of carbonyl (C=O) groups excluding carboxylic acids is 3. The molecule has 1 fully saturated rings. The molecular weight excluding hydrogens is 572 g/mol. The molecule has 3 heterocycles. The highest BCUT2D eigenvalue weighted by atomic mass is 35.5. The zero-order valence-corrected chi connectivity index (χ0v) is 24.4. The van der Waals surface area contributed by atoms with Crippen molar-refractivity contribution in [3.8, 4) is 11.5 Å². The maximum Gasteiger partial charge on any atom is 0.325 e. The van der Waals surface area contributed by atoms with E-state index in [1.807, 2.05) is 18.2 Å². The molecule has 2 amide bonds. The fraction of sp³-hybridized carbons (Fsp3) is 0.312. The normalized spacial score (nSPS) is 14.4. The molecule has 11 heteroatoms. The fourth-order valence-electron chi connectivity index (χ4n) is 5.33. The number of hydrogen-bond acceptors (Lipinski definition) is 8. The monoisotopic (exact) mass is 602 g/mol. The molecule has 2 aromatic heterocycles. The number of rotatable bonds is 10. The van der Waals surface area contributed by atoms with E-state index >= 15 is 0 Å². The van der Waals surface area contributed by atoms with Gasteiger partial charge in [0.2, 0.25) is 5.91 Å². The topological polar surface area (TPSA) is 114 Å². The van der Waals surface area contributed by atoms with Crippen LogP contribution in [0.25, 0.3) is 11.0 Å². The van der Waals surface area contributed by atoms with E-state index < -0.39 is 5.97 Å². The van der Waals surface area contributed by atoms with Crippen LogP contribution < -0.4 is 19.9 Å². The van der Waals surface area contributed by atoms with Crippen LogP contribution in [-0.2, 0) is 20.7 Å². The summed E-state index contributed by atoms with van der Waals surface area (Å²) in [6, 6.07) is 13.6. The number of amides is 2. The van der Waals surface area contributed by atoms with Crippen LogP contribution in [0.1, 0.15) is 42.1 Å². The molecule has 10 nitrogen and oxygen atoms in total.